The lowest BCUT2D eigenvalue weighted by atomic mass is 10.1. The number of carbonyl (C=O) groups is 1. The molecule has 2 heterocycles. The molecule has 1 amide bonds. The zero-order chi connectivity index (χ0) is 21.3. The Balaban J connectivity index is 1.60. The maximum absolute atomic E-state index is 12.3. The highest BCUT2D eigenvalue weighted by atomic mass is 32.2. The van der Waals surface area contributed by atoms with Crippen molar-refractivity contribution in [2.45, 2.75) is 44.6 Å². The minimum atomic E-state index is -0.117. The molecule has 2 aromatic heterocycles. The minimum absolute atomic E-state index is 0.117. The fraction of sp³-hybridized carbons (Fsp3) is 0.348. The second-order valence-corrected chi connectivity index (χ2v) is 7.72. The lowest BCUT2D eigenvalue weighted by molar-refractivity contribution is 0.0948. The van der Waals surface area contributed by atoms with E-state index in [1.54, 1.807) is 24.1 Å². The van der Waals surface area contributed by atoms with Gasteiger partial charge in [-0.3, -0.25) is 4.79 Å². The molecule has 158 valence electrons. The summed E-state index contributed by atoms with van der Waals surface area (Å²) in [4.78, 5) is 23.9. The van der Waals surface area contributed by atoms with Gasteiger partial charge < -0.3 is 14.6 Å². The summed E-state index contributed by atoms with van der Waals surface area (Å²) >= 11 is 1.62. The van der Waals surface area contributed by atoms with Crippen molar-refractivity contribution >= 4 is 23.5 Å². The number of nitrogens with one attached hydrogen (secondary N) is 1. The van der Waals surface area contributed by atoms with Crippen LogP contribution in [0.1, 0.15) is 48.1 Å². The van der Waals surface area contributed by atoms with Crippen LogP contribution in [0.3, 0.4) is 0 Å². The molecular weight excluding hydrogens is 396 g/mol. The number of nitrogens with zero attached hydrogens (tertiary/aromatic N) is 3. The quantitative estimate of drug-likeness (QED) is 0.376. The molecule has 3 rings (SSSR count). The Morgan fingerprint density at radius 3 is 2.50 bits per heavy atom. The smallest absolute Gasteiger partial charge is 0.251 e. The predicted octanol–water partition coefficient (Wildman–Crippen LogP) is 4.70. The molecule has 0 unspecified atom stereocenters. The highest BCUT2D eigenvalue weighted by molar-refractivity contribution is 7.98. The molecular formula is C23H28N4O2S. The molecule has 7 heteroatoms. The van der Waals surface area contributed by atoms with Gasteiger partial charge >= 0.3 is 0 Å². The van der Waals surface area contributed by atoms with Gasteiger partial charge in [0.15, 0.2) is 5.16 Å². The number of amides is 1. The number of benzene rings is 1. The number of thioether (sulfide) groups is 1. The molecule has 0 aliphatic carbocycles. The van der Waals surface area contributed by atoms with Crippen LogP contribution in [0.5, 0.6) is 0 Å². The largest absolute Gasteiger partial charge is 0.467 e. The van der Waals surface area contributed by atoms with Gasteiger partial charge in [0.2, 0.25) is 0 Å². The number of carbonyl (C=O) groups excluding carboxylic acids is 1. The van der Waals surface area contributed by atoms with Gasteiger partial charge in [-0.25, -0.2) is 9.97 Å². The van der Waals surface area contributed by atoms with Gasteiger partial charge in [0.1, 0.15) is 11.6 Å². The van der Waals surface area contributed by atoms with E-state index in [9.17, 15) is 4.79 Å². The van der Waals surface area contributed by atoms with Crippen LogP contribution >= 0.6 is 11.8 Å². The summed E-state index contributed by atoms with van der Waals surface area (Å²) in [6, 6.07) is 13.4. The van der Waals surface area contributed by atoms with Crippen molar-refractivity contribution in [2.75, 3.05) is 18.0 Å². The monoisotopic (exact) mass is 424 g/mol. The van der Waals surface area contributed by atoms with Gasteiger partial charge in [0.25, 0.3) is 5.91 Å². The van der Waals surface area contributed by atoms with E-state index in [1.165, 1.54) is 0 Å². The Labute approximate surface area is 182 Å². The van der Waals surface area contributed by atoms with E-state index in [0.29, 0.717) is 12.1 Å². The van der Waals surface area contributed by atoms with Gasteiger partial charge in [-0.2, -0.15) is 0 Å². The van der Waals surface area contributed by atoms with Gasteiger partial charge in [0, 0.05) is 36.2 Å². The van der Waals surface area contributed by atoms with Gasteiger partial charge in [-0.15, -0.1) is 0 Å². The summed E-state index contributed by atoms with van der Waals surface area (Å²) in [5, 5.41) is 3.65. The van der Waals surface area contributed by atoms with Crippen LogP contribution in [-0.4, -0.2) is 29.0 Å². The van der Waals surface area contributed by atoms with E-state index in [0.717, 1.165) is 53.3 Å². The van der Waals surface area contributed by atoms with E-state index in [4.69, 9.17) is 9.40 Å². The van der Waals surface area contributed by atoms with E-state index in [1.807, 2.05) is 30.3 Å². The first kappa shape index (κ1) is 21.9. The van der Waals surface area contributed by atoms with Crippen molar-refractivity contribution < 1.29 is 9.21 Å². The molecule has 0 fully saturated rings. The zero-order valence-corrected chi connectivity index (χ0v) is 18.5. The Hall–Kier alpha value is -2.80. The van der Waals surface area contributed by atoms with Gasteiger partial charge in [0.05, 0.1) is 12.8 Å². The van der Waals surface area contributed by atoms with Crippen LogP contribution in [0.15, 0.2) is 58.3 Å². The van der Waals surface area contributed by atoms with Crippen LogP contribution < -0.4 is 10.2 Å². The van der Waals surface area contributed by atoms with Crippen LogP contribution in [0, 0.1) is 0 Å². The lowest BCUT2D eigenvalue weighted by Gasteiger charge is -2.20. The first-order chi connectivity index (χ1) is 14.6. The topological polar surface area (TPSA) is 71.3 Å². The van der Waals surface area contributed by atoms with E-state index in [2.05, 4.69) is 42.0 Å². The van der Waals surface area contributed by atoms with Crippen LogP contribution in [0.4, 0.5) is 5.82 Å². The molecule has 3 aromatic rings. The number of hydrogen-bond donors (Lipinski definition) is 1. The first-order valence-electron chi connectivity index (χ1n) is 10.3. The molecule has 1 aromatic carbocycles. The van der Waals surface area contributed by atoms with Crippen molar-refractivity contribution in [1.29, 1.82) is 0 Å². The fourth-order valence-electron chi connectivity index (χ4n) is 3.00. The summed E-state index contributed by atoms with van der Waals surface area (Å²) in [7, 11) is 0. The van der Waals surface area contributed by atoms with Crippen LogP contribution in [-0.2, 0) is 18.7 Å². The third-order valence-corrected chi connectivity index (χ3v) is 5.70. The van der Waals surface area contributed by atoms with E-state index in [-0.39, 0.29) is 5.91 Å². The molecule has 0 radical (unpaired) electrons. The van der Waals surface area contributed by atoms with Gasteiger partial charge in [-0.05, 0) is 50.1 Å². The second kappa shape index (κ2) is 10.8. The maximum Gasteiger partial charge on any atom is 0.251 e. The Bertz CT molecular complexity index is 938. The maximum atomic E-state index is 12.3. The Morgan fingerprint density at radius 1 is 1.10 bits per heavy atom. The Kier molecular flexibility index (Phi) is 7.90. The summed E-state index contributed by atoms with van der Waals surface area (Å²) in [6.45, 7) is 8.60. The standard InChI is InChI=1S/C23H28N4O2S/c1-4-19-14-21(27(5-2)6-3)26-23(25-19)30-16-17-9-11-18(12-10-17)22(28)24-15-20-8-7-13-29-20/h7-14H,4-6,15-16H2,1-3H3,(H,24,28). The molecule has 0 aliphatic heterocycles. The van der Waals surface area contributed by atoms with Crippen LogP contribution in [0.2, 0.25) is 0 Å². The lowest BCUT2D eigenvalue weighted by Crippen LogP contribution is -2.23. The number of anilines is 1. The summed E-state index contributed by atoms with van der Waals surface area (Å²) in [5.41, 5.74) is 2.80. The molecule has 6 nitrogen and oxygen atoms in total. The average Bonchev–Trinajstić information content (AvgIpc) is 3.31. The molecule has 0 atom stereocenters. The zero-order valence-electron chi connectivity index (χ0n) is 17.7. The number of aryl methyl sites for hydroxylation is 1. The van der Waals surface area contributed by atoms with Crippen molar-refractivity contribution in [1.82, 2.24) is 15.3 Å². The number of furan rings is 1. The van der Waals surface area contributed by atoms with Crippen molar-refractivity contribution in [3.63, 3.8) is 0 Å². The van der Waals surface area contributed by atoms with Crippen molar-refractivity contribution in [3.8, 4) is 0 Å². The number of rotatable bonds is 10. The average molecular weight is 425 g/mol. The fourth-order valence-corrected chi connectivity index (χ4v) is 3.83. The third-order valence-electron chi connectivity index (χ3n) is 4.78. The highest BCUT2D eigenvalue weighted by Crippen LogP contribution is 2.23. The number of hydrogen-bond acceptors (Lipinski definition) is 6. The summed E-state index contributed by atoms with van der Waals surface area (Å²) < 4.78 is 5.23. The molecule has 0 spiro atoms. The first-order valence-corrected chi connectivity index (χ1v) is 11.3. The molecule has 30 heavy (non-hydrogen) atoms. The normalized spacial score (nSPS) is 10.8. The summed E-state index contributed by atoms with van der Waals surface area (Å²) in [6.07, 6.45) is 2.48. The van der Waals surface area contributed by atoms with Gasteiger partial charge in [-0.1, -0.05) is 30.8 Å². The molecule has 1 N–H and O–H groups in total. The van der Waals surface area contributed by atoms with E-state index >= 15 is 0 Å². The Morgan fingerprint density at radius 2 is 1.87 bits per heavy atom. The molecule has 0 bridgehead atoms. The second-order valence-electron chi connectivity index (χ2n) is 6.77. The number of aromatic nitrogens is 2. The summed E-state index contributed by atoms with van der Waals surface area (Å²) in [5.74, 6) is 2.35. The van der Waals surface area contributed by atoms with Crippen LogP contribution in [0.25, 0.3) is 0 Å². The third kappa shape index (κ3) is 5.86. The van der Waals surface area contributed by atoms with Crippen molar-refractivity contribution in [2.24, 2.45) is 0 Å². The van der Waals surface area contributed by atoms with Crippen molar-refractivity contribution in [3.05, 3.63) is 71.3 Å². The van der Waals surface area contributed by atoms with E-state index < -0.39 is 0 Å². The molecule has 0 aliphatic rings. The predicted molar refractivity (Wildman–Crippen MR) is 121 cm³/mol. The molecule has 0 saturated carbocycles. The highest BCUT2D eigenvalue weighted by Gasteiger charge is 2.10. The minimum Gasteiger partial charge on any atom is -0.467 e. The SMILES string of the molecule is CCc1cc(N(CC)CC)nc(SCc2ccc(C(=O)NCc3ccco3)cc2)n1. The molecule has 0 saturated heterocycles.